The highest BCUT2D eigenvalue weighted by atomic mass is 16.2. The van der Waals surface area contributed by atoms with Crippen LogP contribution in [0.3, 0.4) is 0 Å². The average Bonchev–Trinajstić information content (AvgIpc) is 2.92. The number of benzene rings is 2. The van der Waals surface area contributed by atoms with E-state index in [4.69, 9.17) is 0 Å². The molecule has 1 unspecified atom stereocenters. The van der Waals surface area contributed by atoms with Crippen molar-refractivity contribution in [2.75, 3.05) is 6.54 Å². The van der Waals surface area contributed by atoms with Crippen LogP contribution in [0, 0.1) is 0 Å². The van der Waals surface area contributed by atoms with Gasteiger partial charge in [0.1, 0.15) is 5.54 Å². The average molecular weight is 392 g/mol. The molecule has 0 radical (unpaired) electrons. The summed E-state index contributed by atoms with van der Waals surface area (Å²) in [6.07, 6.45) is 0. The van der Waals surface area contributed by atoms with Gasteiger partial charge in [-0.3, -0.25) is 14.5 Å². The molecule has 1 atom stereocenters. The summed E-state index contributed by atoms with van der Waals surface area (Å²) in [5.41, 5.74) is 2.20. The molecule has 0 aromatic heterocycles. The van der Waals surface area contributed by atoms with E-state index in [2.05, 4.69) is 25.2 Å². The first-order valence-electron chi connectivity index (χ1n) is 10.0. The Kier molecular flexibility index (Phi) is 5.60. The molecule has 152 valence electrons. The molecule has 0 spiro atoms. The SMILES string of the molecule is CC(C)c1ccc(C(=O)CN2C(=O)NC(C)(c3ccccc3)C2=O)c(C(C)C)c1. The molecule has 3 rings (SSSR count). The van der Waals surface area contributed by atoms with Crippen LogP contribution >= 0.6 is 0 Å². The summed E-state index contributed by atoms with van der Waals surface area (Å²) in [4.78, 5) is 39.7. The van der Waals surface area contributed by atoms with Crippen molar-refractivity contribution in [3.8, 4) is 0 Å². The fraction of sp³-hybridized carbons (Fsp3) is 0.375. The van der Waals surface area contributed by atoms with Crippen molar-refractivity contribution in [3.63, 3.8) is 0 Å². The third-order valence-corrected chi connectivity index (χ3v) is 5.59. The smallest absolute Gasteiger partial charge is 0.319 e. The quantitative estimate of drug-likeness (QED) is 0.578. The lowest BCUT2D eigenvalue weighted by Gasteiger charge is -2.22. The van der Waals surface area contributed by atoms with Gasteiger partial charge in [-0.25, -0.2) is 4.79 Å². The van der Waals surface area contributed by atoms with Gasteiger partial charge in [0, 0.05) is 5.56 Å². The van der Waals surface area contributed by atoms with Crippen LogP contribution in [0.4, 0.5) is 4.79 Å². The first-order chi connectivity index (χ1) is 13.6. The molecule has 1 aliphatic heterocycles. The van der Waals surface area contributed by atoms with Crippen LogP contribution < -0.4 is 5.32 Å². The monoisotopic (exact) mass is 392 g/mol. The zero-order valence-electron chi connectivity index (χ0n) is 17.7. The Morgan fingerprint density at radius 2 is 1.66 bits per heavy atom. The van der Waals surface area contributed by atoms with Crippen molar-refractivity contribution in [1.29, 1.82) is 0 Å². The maximum absolute atomic E-state index is 13.1. The van der Waals surface area contributed by atoms with Crippen LogP contribution in [-0.4, -0.2) is 29.2 Å². The van der Waals surface area contributed by atoms with Gasteiger partial charge < -0.3 is 5.32 Å². The molecule has 5 heteroatoms. The van der Waals surface area contributed by atoms with Gasteiger partial charge in [0.25, 0.3) is 5.91 Å². The lowest BCUT2D eigenvalue weighted by molar-refractivity contribution is -0.130. The summed E-state index contributed by atoms with van der Waals surface area (Å²) in [7, 11) is 0. The molecule has 2 aromatic carbocycles. The molecule has 0 aliphatic carbocycles. The van der Waals surface area contributed by atoms with E-state index in [1.807, 2.05) is 44.2 Å². The minimum Gasteiger partial charge on any atom is -0.319 e. The summed E-state index contributed by atoms with van der Waals surface area (Å²) in [6, 6.07) is 14.4. The maximum atomic E-state index is 13.1. The largest absolute Gasteiger partial charge is 0.325 e. The summed E-state index contributed by atoms with van der Waals surface area (Å²) < 4.78 is 0. The van der Waals surface area contributed by atoms with E-state index >= 15 is 0 Å². The molecule has 1 fully saturated rings. The first-order valence-corrected chi connectivity index (χ1v) is 10.0. The van der Waals surface area contributed by atoms with Crippen LogP contribution in [0.25, 0.3) is 0 Å². The van der Waals surface area contributed by atoms with Crippen molar-refractivity contribution in [1.82, 2.24) is 10.2 Å². The maximum Gasteiger partial charge on any atom is 0.325 e. The molecule has 2 aromatic rings. The number of nitrogens with zero attached hydrogens (tertiary/aromatic N) is 1. The lowest BCUT2D eigenvalue weighted by Crippen LogP contribution is -2.41. The number of carbonyl (C=O) groups is 3. The van der Waals surface area contributed by atoms with Crippen LogP contribution in [0.1, 0.15) is 73.5 Å². The van der Waals surface area contributed by atoms with E-state index in [0.29, 0.717) is 17.0 Å². The zero-order chi connectivity index (χ0) is 21.3. The van der Waals surface area contributed by atoms with Gasteiger partial charge in [-0.1, -0.05) is 76.2 Å². The van der Waals surface area contributed by atoms with Gasteiger partial charge in [-0.05, 0) is 35.4 Å². The van der Waals surface area contributed by atoms with E-state index in [0.717, 1.165) is 16.0 Å². The summed E-state index contributed by atoms with van der Waals surface area (Å²) in [5, 5.41) is 2.75. The van der Waals surface area contributed by atoms with Crippen LogP contribution in [-0.2, 0) is 10.3 Å². The van der Waals surface area contributed by atoms with Crippen molar-refractivity contribution in [2.45, 2.75) is 52.0 Å². The first kappa shape index (κ1) is 20.8. The Balaban J connectivity index is 1.88. The predicted molar refractivity (Wildman–Crippen MR) is 113 cm³/mol. The van der Waals surface area contributed by atoms with E-state index in [1.54, 1.807) is 19.1 Å². The third kappa shape index (κ3) is 3.82. The lowest BCUT2D eigenvalue weighted by atomic mass is 9.89. The fourth-order valence-electron chi connectivity index (χ4n) is 3.71. The van der Waals surface area contributed by atoms with Crippen molar-refractivity contribution < 1.29 is 14.4 Å². The molecular weight excluding hydrogens is 364 g/mol. The summed E-state index contributed by atoms with van der Waals surface area (Å²) >= 11 is 0. The fourth-order valence-corrected chi connectivity index (χ4v) is 3.71. The van der Waals surface area contributed by atoms with E-state index in [9.17, 15) is 14.4 Å². The number of Topliss-reactive ketones (excluding diaryl/α,β-unsaturated/α-hetero) is 1. The van der Waals surface area contributed by atoms with Gasteiger partial charge in [0.15, 0.2) is 5.78 Å². The number of imide groups is 1. The summed E-state index contributed by atoms with van der Waals surface area (Å²) in [5.74, 6) is -0.128. The molecule has 0 bridgehead atoms. The highest BCUT2D eigenvalue weighted by Gasteiger charge is 2.49. The second-order valence-corrected chi connectivity index (χ2v) is 8.39. The van der Waals surface area contributed by atoms with Crippen LogP contribution in [0.2, 0.25) is 0 Å². The molecule has 1 heterocycles. The zero-order valence-corrected chi connectivity index (χ0v) is 17.7. The Hall–Kier alpha value is -2.95. The Morgan fingerprint density at radius 1 is 1.00 bits per heavy atom. The predicted octanol–water partition coefficient (Wildman–Crippen LogP) is 4.58. The highest BCUT2D eigenvalue weighted by molar-refractivity contribution is 6.11. The highest BCUT2D eigenvalue weighted by Crippen LogP contribution is 2.30. The topological polar surface area (TPSA) is 66.5 Å². The molecule has 29 heavy (non-hydrogen) atoms. The number of rotatable bonds is 6. The molecule has 1 aliphatic rings. The normalized spacial score (nSPS) is 19.2. The number of urea groups is 1. The minimum absolute atomic E-state index is 0.158. The molecule has 1 N–H and O–H groups in total. The number of ketones is 1. The molecule has 1 saturated heterocycles. The van der Waals surface area contributed by atoms with Gasteiger partial charge in [0.2, 0.25) is 0 Å². The van der Waals surface area contributed by atoms with Crippen LogP contribution in [0.5, 0.6) is 0 Å². The Bertz CT molecular complexity index is 950. The van der Waals surface area contributed by atoms with Gasteiger partial charge in [0.05, 0.1) is 6.54 Å². The summed E-state index contributed by atoms with van der Waals surface area (Å²) in [6.45, 7) is 9.70. The van der Waals surface area contributed by atoms with Gasteiger partial charge >= 0.3 is 6.03 Å². The Labute approximate surface area is 172 Å². The van der Waals surface area contributed by atoms with Crippen LogP contribution in [0.15, 0.2) is 48.5 Å². The van der Waals surface area contributed by atoms with Crippen molar-refractivity contribution in [3.05, 3.63) is 70.8 Å². The van der Waals surface area contributed by atoms with Crippen molar-refractivity contribution in [2.24, 2.45) is 0 Å². The number of carbonyl (C=O) groups excluding carboxylic acids is 3. The molecule has 5 nitrogen and oxygen atoms in total. The van der Waals surface area contributed by atoms with E-state index < -0.39 is 17.5 Å². The molecule has 0 saturated carbocycles. The van der Waals surface area contributed by atoms with E-state index in [-0.39, 0.29) is 18.2 Å². The standard InChI is InChI=1S/C24H28N2O3/c1-15(2)17-11-12-19(20(13-17)16(3)4)21(27)14-26-22(28)24(5,25-23(26)29)18-9-7-6-8-10-18/h6-13,15-16H,14H2,1-5H3,(H,25,29). The van der Waals surface area contributed by atoms with Gasteiger partial charge in [-0.2, -0.15) is 0 Å². The third-order valence-electron chi connectivity index (χ3n) is 5.59. The minimum atomic E-state index is -1.17. The van der Waals surface area contributed by atoms with Gasteiger partial charge in [-0.15, -0.1) is 0 Å². The second kappa shape index (κ2) is 7.82. The molecule has 3 amide bonds. The molecular formula is C24H28N2O3. The number of hydrogen-bond acceptors (Lipinski definition) is 3. The van der Waals surface area contributed by atoms with Crippen molar-refractivity contribution >= 4 is 17.7 Å². The number of nitrogens with one attached hydrogen (secondary N) is 1. The van der Waals surface area contributed by atoms with E-state index in [1.165, 1.54) is 0 Å². The second-order valence-electron chi connectivity index (χ2n) is 8.39. The number of amides is 3. The Morgan fingerprint density at radius 3 is 2.24 bits per heavy atom. The number of hydrogen-bond donors (Lipinski definition) is 1.